The van der Waals surface area contributed by atoms with Crippen LogP contribution in [0.5, 0.6) is 0 Å². The van der Waals surface area contributed by atoms with Gasteiger partial charge in [0.15, 0.2) is 0 Å². The van der Waals surface area contributed by atoms with Crippen molar-refractivity contribution in [3.8, 4) is 0 Å². The largest absolute Gasteiger partial charge is 0.346 e. The zero-order valence-electron chi connectivity index (χ0n) is 15.5. The molecule has 7 heteroatoms. The van der Waals surface area contributed by atoms with Gasteiger partial charge in [0, 0.05) is 51.0 Å². The number of amides is 1. The Bertz CT molecular complexity index is 908. The summed E-state index contributed by atoms with van der Waals surface area (Å²) >= 11 is 0. The lowest BCUT2D eigenvalue weighted by atomic mass is 10.0. The smallest absolute Gasteiger partial charge is 0.225 e. The van der Waals surface area contributed by atoms with Crippen molar-refractivity contribution in [3.05, 3.63) is 78.6 Å². The molecule has 1 atom stereocenters. The van der Waals surface area contributed by atoms with Crippen LogP contribution in [0.4, 0.5) is 10.3 Å². The van der Waals surface area contributed by atoms with Crippen molar-refractivity contribution in [2.45, 2.75) is 12.5 Å². The highest BCUT2D eigenvalue weighted by Gasteiger charge is 2.26. The molecule has 1 fully saturated rings. The van der Waals surface area contributed by atoms with Crippen LogP contribution in [0.3, 0.4) is 0 Å². The fourth-order valence-electron chi connectivity index (χ4n) is 3.57. The number of anilines is 1. The van der Waals surface area contributed by atoms with Crippen molar-refractivity contribution in [2.75, 3.05) is 31.1 Å². The minimum absolute atomic E-state index is 0.0663. The molecule has 0 saturated carbocycles. The Morgan fingerprint density at radius 1 is 1.00 bits per heavy atom. The molecule has 0 radical (unpaired) electrons. The lowest BCUT2D eigenvalue weighted by Crippen LogP contribution is -2.49. The molecule has 1 saturated heterocycles. The first-order valence-electron chi connectivity index (χ1n) is 9.38. The molecule has 0 N–H and O–H groups in total. The molecule has 0 spiro atoms. The van der Waals surface area contributed by atoms with Gasteiger partial charge in [-0.25, -0.2) is 14.4 Å². The van der Waals surface area contributed by atoms with Gasteiger partial charge in [-0.1, -0.05) is 12.1 Å². The quantitative estimate of drug-likeness (QED) is 0.684. The van der Waals surface area contributed by atoms with E-state index in [9.17, 15) is 9.18 Å². The SMILES string of the molecule is O=C(C[C@H](c1cccc(F)c1)n1cccc1)N1CCN(c2ncccn2)CC1. The Hall–Kier alpha value is -3.22. The van der Waals surface area contributed by atoms with E-state index in [4.69, 9.17) is 0 Å². The first kappa shape index (κ1) is 18.2. The fourth-order valence-corrected chi connectivity index (χ4v) is 3.57. The predicted molar refractivity (Wildman–Crippen MR) is 104 cm³/mol. The van der Waals surface area contributed by atoms with Gasteiger partial charge in [0.1, 0.15) is 5.82 Å². The molecule has 1 amide bonds. The minimum Gasteiger partial charge on any atom is -0.346 e. The van der Waals surface area contributed by atoms with Crippen molar-refractivity contribution >= 4 is 11.9 Å². The van der Waals surface area contributed by atoms with Gasteiger partial charge in [0.2, 0.25) is 11.9 Å². The maximum Gasteiger partial charge on any atom is 0.225 e. The van der Waals surface area contributed by atoms with E-state index in [1.165, 1.54) is 12.1 Å². The number of carbonyl (C=O) groups is 1. The molecular formula is C21H22FN5O. The molecule has 2 aromatic heterocycles. The lowest BCUT2D eigenvalue weighted by Gasteiger charge is -2.35. The van der Waals surface area contributed by atoms with Gasteiger partial charge in [0.05, 0.1) is 12.5 Å². The Kier molecular flexibility index (Phi) is 5.32. The Labute approximate surface area is 163 Å². The maximum absolute atomic E-state index is 13.7. The van der Waals surface area contributed by atoms with Gasteiger partial charge in [-0.15, -0.1) is 0 Å². The van der Waals surface area contributed by atoms with E-state index >= 15 is 0 Å². The van der Waals surface area contributed by atoms with Gasteiger partial charge in [0.25, 0.3) is 0 Å². The zero-order chi connectivity index (χ0) is 19.3. The molecule has 3 aromatic rings. The van der Waals surface area contributed by atoms with Crippen molar-refractivity contribution in [1.82, 2.24) is 19.4 Å². The van der Waals surface area contributed by atoms with E-state index in [-0.39, 0.29) is 17.8 Å². The number of carbonyl (C=O) groups excluding carboxylic acids is 1. The van der Waals surface area contributed by atoms with Crippen LogP contribution in [-0.4, -0.2) is 51.5 Å². The van der Waals surface area contributed by atoms with Crippen LogP contribution >= 0.6 is 0 Å². The van der Waals surface area contributed by atoms with Gasteiger partial charge >= 0.3 is 0 Å². The normalized spacial score (nSPS) is 15.5. The van der Waals surface area contributed by atoms with Crippen LogP contribution < -0.4 is 4.90 Å². The van der Waals surface area contributed by atoms with Gasteiger partial charge < -0.3 is 14.4 Å². The number of hydrogen-bond acceptors (Lipinski definition) is 4. The van der Waals surface area contributed by atoms with E-state index < -0.39 is 0 Å². The van der Waals surface area contributed by atoms with Crippen molar-refractivity contribution in [3.63, 3.8) is 0 Å². The number of rotatable bonds is 5. The maximum atomic E-state index is 13.7. The Morgan fingerprint density at radius 2 is 1.71 bits per heavy atom. The second kappa shape index (κ2) is 8.21. The Balaban J connectivity index is 1.44. The highest BCUT2D eigenvalue weighted by atomic mass is 19.1. The van der Waals surface area contributed by atoms with Gasteiger partial charge in [-0.3, -0.25) is 4.79 Å². The highest BCUT2D eigenvalue weighted by Crippen LogP contribution is 2.24. The molecule has 0 aliphatic carbocycles. The summed E-state index contributed by atoms with van der Waals surface area (Å²) in [7, 11) is 0. The summed E-state index contributed by atoms with van der Waals surface area (Å²) in [6, 6.07) is 11.9. The fraction of sp³-hybridized carbons (Fsp3) is 0.286. The molecule has 6 nitrogen and oxygen atoms in total. The monoisotopic (exact) mass is 379 g/mol. The summed E-state index contributed by atoms with van der Waals surface area (Å²) in [5.74, 6) is 0.467. The topological polar surface area (TPSA) is 54.3 Å². The third kappa shape index (κ3) is 4.03. The van der Waals surface area contributed by atoms with Crippen LogP contribution in [0.1, 0.15) is 18.0 Å². The van der Waals surface area contributed by atoms with E-state index in [0.717, 1.165) is 5.56 Å². The highest BCUT2D eigenvalue weighted by molar-refractivity contribution is 5.77. The summed E-state index contributed by atoms with van der Waals surface area (Å²) in [5.41, 5.74) is 0.792. The van der Waals surface area contributed by atoms with Gasteiger partial charge in [-0.2, -0.15) is 0 Å². The average molecular weight is 379 g/mol. The number of hydrogen-bond donors (Lipinski definition) is 0. The minimum atomic E-state index is -0.293. The molecule has 1 aromatic carbocycles. The van der Waals surface area contributed by atoms with E-state index in [1.54, 1.807) is 24.5 Å². The summed E-state index contributed by atoms with van der Waals surface area (Å²) in [6.45, 7) is 2.64. The van der Waals surface area contributed by atoms with Crippen LogP contribution in [0.25, 0.3) is 0 Å². The van der Waals surface area contributed by atoms with E-state index in [0.29, 0.717) is 38.5 Å². The van der Waals surface area contributed by atoms with Gasteiger partial charge in [-0.05, 0) is 35.9 Å². The standard InChI is InChI=1S/C21H22FN5O/c22-18-6-3-5-17(15-18)19(25-9-1-2-10-25)16-20(28)26-11-13-27(14-12-26)21-23-7-4-8-24-21/h1-10,15,19H,11-14,16H2/t19-/m1/s1. The zero-order valence-corrected chi connectivity index (χ0v) is 15.5. The third-order valence-electron chi connectivity index (χ3n) is 5.06. The average Bonchev–Trinajstić information content (AvgIpc) is 3.27. The second-order valence-corrected chi connectivity index (χ2v) is 6.82. The third-order valence-corrected chi connectivity index (χ3v) is 5.06. The summed E-state index contributed by atoms with van der Waals surface area (Å²) in [5, 5.41) is 0. The van der Waals surface area contributed by atoms with Crippen molar-refractivity contribution < 1.29 is 9.18 Å². The first-order chi connectivity index (χ1) is 13.7. The molecule has 0 bridgehead atoms. The molecule has 3 heterocycles. The molecule has 28 heavy (non-hydrogen) atoms. The Morgan fingerprint density at radius 3 is 2.39 bits per heavy atom. The van der Waals surface area contributed by atoms with Crippen LogP contribution in [0.2, 0.25) is 0 Å². The molecule has 0 unspecified atom stereocenters. The summed E-state index contributed by atoms with van der Waals surface area (Å²) in [6.07, 6.45) is 7.56. The number of benzene rings is 1. The second-order valence-electron chi connectivity index (χ2n) is 6.82. The molecule has 144 valence electrons. The first-order valence-corrected chi connectivity index (χ1v) is 9.38. The predicted octanol–water partition coefficient (Wildman–Crippen LogP) is 2.75. The summed E-state index contributed by atoms with van der Waals surface area (Å²) < 4.78 is 15.7. The molecular weight excluding hydrogens is 357 g/mol. The lowest BCUT2D eigenvalue weighted by molar-refractivity contribution is -0.132. The summed E-state index contributed by atoms with van der Waals surface area (Å²) in [4.78, 5) is 25.5. The number of halogens is 1. The number of piperazine rings is 1. The van der Waals surface area contributed by atoms with Crippen molar-refractivity contribution in [2.24, 2.45) is 0 Å². The van der Waals surface area contributed by atoms with Crippen LogP contribution in [-0.2, 0) is 4.79 Å². The number of nitrogens with zero attached hydrogens (tertiary/aromatic N) is 5. The van der Waals surface area contributed by atoms with Crippen LogP contribution in [0.15, 0.2) is 67.3 Å². The van der Waals surface area contributed by atoms with E-state index in [1.807, 2.05) is 40.1 Å². The van der Waals surface area contributed by atoms with E-state index in [2.05, 4.69) is 14.9 Å². The number of aromatic nitrogens is 3. The van der Waals surface area contributed by atoms with Crippen LogP contribution in [0, 0.1) is 5.82 Å². The van der Waals surface area contributed by atoms with Crippen molar-refractivity contribution in [1.29, 1.82) is 0 Å². The molecule has 4 rings (SSSR count). The molecule has 1 aliphatic heterocycles. The molecule has 1 aliphatic rings.